The molecule has 1 aromatic heterocycles. The molecule has 1 N–H and O–H groups in total. The van der Waals surface area contributed by atoms with Gasteiger partial charge in [0.15, 0.2) is 5.82 Å². The Morgan fingerprint density at radius 2 is 2.46 bits per heavy atom. The molecule has 0 unspecified atom stereocenters. The highest BCUT2D eigenvalue weighted by Gasteiger charge is 2.28. The predicted molar refractivity (Wildman–Crippen MR) is 44.6 cm³/mol. The number of rotatable bonds is 4. The van der Waals surface area contributed by atoms with Gasteiger partial charge in [0.2, 0.25) is 0 Å². The summed E-state index contributed by atoms with van der Waals surface area (Å²) in [5.74, 6) is 0.249. The van der Waals surface area contributed by atoms with E-state index < -0.39 is 5.97 Å². The molecule has 6 heteroatoms. The second kappa shape index (κ2) is 3.37. The predicted octanol–water partition coefficient (Wildman–Crippen LogP) is 1.12. The van der Waals surface area contributed by atoms with Gasteiger partial charge in [-0.05, 0) is 12.8 Å². The van der Waals surface area contributed by atoms with Crippen molar-refractivity contribution in [1.29, 1.82) is 0 Å². The van der Waals surface area contributed by atoms with Crippen LogP contribution >= 0.6 is 11.8 Å². The van der Waals surface area contributed by atoms with Crippen molar-refractivity contribution >= 4 is 17.7 Å². The molecule has 0 amide bonds. The van der Waals surface area contributed by atoms with Gasteiger partial charge in [0.25, 0.3) is 5.22 Å². The van der Waals surface area contributed by atoms with Gasteiger partial charge in [0, 0.05) is 5.92 Å². The second-order valence-electron chi connectivity index (χ2n) is 2.88. The number of aliphatic carboxylic acids is 1. The molecule has 0 aliphatic heterocycles. The number of carboxylic acids is 1. The summed E-state index contributed by atoms with van der Waals surface area (Å²) in [4.78, 5) is 14.3. The lowest BCUT2D eigenvalue weighted by Crippen LogP contribution is -1.97. The molecule has 1 heterocycles. The monoisotopic (exact) mass is 200 g/mol. The second-order valence-corrected chi connectivity index (χ2v) is 3.80. The molecule has 0 aromatic carbocycles. The fourth-order valence-corrected chi connectivity index (χ4v) is 1.40. The van der Waals surface area contributed by atoms with Gasteiger partial charge in [-0.1, -0.05) is 16.9 Å². The topological polar surface area (TPSA) is 76.2 Å². The molecule has 1 aliphatic carbocycles. The Kier molecular flexibility index (Phi) is 2.22. The molecule has 1 aromatic rings. The Bertz CT molecular complexity index is 321. The molecule has 0 spiro atoms. The van der Waals surface area contributed by atoms with Gasteiger partial charge in [-0.15, -0.1) is 0 Å². The van der Waals surface area contributed by atoms with Gasteiger partial charge >= 0.3 is 5.97 Å². The summed E-state index contributed by atoms with van der Waals surface area (Å²) >= 11 is 1.05. The third-order valence-electron chi connectivity index (χ3n) is 1.68. The van der Waals surface area contributed by atoms with Crippen molar-refractivity contribution in [3.63, 3.8) is 0 Å². The first kappa shape index (κ1) is 8.55. The third-order valence-corrected chi connectivity index (χ3v) is 2.49. The Morgan fingerprint density at radius 1 is 1.69 bits per heavy atom. The zero-order valence-corrected chi connectivity index (χ0v) is 7.58. The lowest BCUT2D eigenvalue weighted by atomic mass is 10.4. The van der Waals surface area contributed by atoms with Crippen molar-refractivity contribution in [2.45, 2.75) is 24.0 Å². The first-order valence-corrected chi connectivity index (χ1v) is 4.92. The zero-order chi connectivity index (χ0) is 9.26. The minimum atomic E-state index is -0.879. The molecule has 13 heavy (non-hydrogen) atoms. The number of carbonyl (C=O) groups is 1. The summed E-state index contributed by atoms with van der Waals surface area (Å²) in [6.07, 6.45) is 2.23. The van der Waals surface area contributed by atoms with Crippen LogP contribution in [0.4, 0.5) is 0 Å². The Morgan fingerprint density at radius 3 is 3.08 bits per heavy atom. The third kappa shape index (κ3) is 2.21. The van der Waals surface area contributed by atoms with E-state index in [9.17, 15) is 4.79 Å². The van der Waals surface area contributed by atoms with Crippen molar-refractivity contribution in [2.24, 2.45) is 0 Å². The van der Waals surface area contributed by atoms with Crippen LogP contribution in [0.1, 0.15) is 24.6 Å². The van der Waals surface area contributed by atoms with E-state index in [-0.39, 0.29) is 5.75 Å². The Hall–Kier alpha value is -1.04. The molecule has 0 radical (unpaired) electrons. The molecular weight excluding hydrogens is 192 g/mol. The van der Waals surface area contributed by atoms with Crippen LogP contribution < -0.4 is 0 Å². The van der Waals surface area contributed by atoms with Crippen molar-refractivity contribution < 1.29 is 14.4 Å². The van der Waals surface area contributed by atoms with Crippen LogP contribution in [0.3, 0.4) is 0 Å². The summed E-state index contributed by atoms with van der Waals surface area (Å²) < 4.78 is 4.85. The molecule has 0 atom stereocenters. The van der Waals surface area contributed by atoms with E-state index in [0.29, 0.717) is 17.0 Å². The smallest absolute Gasteiger partial charge is 0.314 e. The van der Waals surface area contributed by atoms with Gasteiger partial charge in [0.1, 0.15) is 5.75 Å². The first-order valence-electron chi connectivity index (χ1n) is 3.94. The highest BCUT2D eigenvalue weighted by Crippen LogP contribution is 2.38. The van der Waals surface area contributed by atoms with Gasteiger partial charge in [-0.25, -0.2) is 0 Å². The lowest BCUT2D eigenvalue weighted by Gasteiger charge is -1.86. The highest BCUT2D eigenvalue weighted by atomic mass is 32.2. The van der Waals surface area contributed by atoms with Crippen molar-refractivity contribution in [1.82, 2.24) is 10.1 Å². The van der Waals surface area contributed by atoms with Crippen LogP contribution in [-0.2, 0) is 4.79 Å². The summed E-state index contributed by atoms with van der Waals surface area (Å²) in [5, 5.41) is 12.5. The quantitative estimate of drug-likeness (QED) is 0.734. The molecule has 1 aliphatic rings. The zero-order valence-electron chi connectivity index (χ0n) is 6.77. The largest absolute Gasteiger partial charge is 0.481 e. The number of thioether (sulfide) groups is 1. The minimum absolute atomic E-state index is 0.0354. The maximum atomic E-state index is 10.2. The fraction of sp³-hybridized carbons (Fsp3) is 0.571. The van der Waals surface area contributed by atoms with E-state index >= 15 is 0 Å². The van der Waals surface area contributed by atoms with E-state index in [0.717, 1.165) is 24.6 Å². The normalized spacial score (nSPS) is 16.0. The number of nitrogens with zero attached hydrogens (tertiary/aromatic N) is 2. The maximum absolute atomic E-state index is 10.2. The minimum Gasteiger partial charge on any atom is -0.481 e. The molecule has 5 nitrogen and oxygen atoms in total. The number of aromatic nitrogens is 2. The van der Waals surface area contributed by atoms with Crippen molar-refractivity contribution in [2.75, 3.05) is 5.75 Å². The Balaban J connectivity index is 1.92. The van der Waals surface area contributed by atoms with E-state index in [1.165, 1.54) is 0 Å². The van der Waals surface area contributed by atoms with E-state index in [1.807, 2.05) is 0 Å². The molecule has 2 rings (SSSR count). The molecule has 1 saturated carbocycles. The number of hydrogen-bond donors (Lipinski definition) is 1. The molecule has 1 fully saturated rings. The fourth-order valence-electron chi connectivity index (χ4n) is 0.910. The highest BCUT2D eigenvalue weighted by molar-refractivity contribution is 7.99. The average Bonchev–Trinajstić information content (AvgIpc) is 2.83. The summed E-state index contributed by atoms with van der Waals surface area (Å²) in [7, 11) is 0. The van der Waals surface area contributed by atoms with E-state index in [2.05, 4.69) is 10.1 Å². The average molecular weight is 200 g/mol. The van der Waals surface area contributed by atoms with Crippen molar-refractivity contribution in [3.8, 4) is 0 Å². The Labute approximate surface area is 78.5 Å². The van der Waals surface area contributed by atoms with Crippen LogP contribution in [0.25, 0.3) is 0 Å². The summed E-state index contributed by atoms with van der Waals surface area (Å²) in [5.41, 5.74) is 0. The van der Waals surface area contributed by atoms with Crippen molar-refractivity contribution in [3.05, 3.63) is 5.82 Å². The molecule has 70 valence electrons. The molecule has 0 saturated heterocycles. The first-order chi connectivity index (χ1) is 6.25. The van der Waals surface area contributed by atoms with E-state index in [1.54, 1.807) is 0 Å². The summed E-state index contributed by atoms with van der Waals surface area (Å²) in [6.45, 7) is 0. The van der Waals surface area contributed by atoms with Gasteiger partial charge in [-0.2, -0.15) is 4.98 Å². The van der Waals surface area contributed by atoms with Crippen LogP contribution in [0.2, 0.25) is 0 Å². The number of hydrogen-bond acceptors (Lipinski definition) is 5. The van der Waals surface area contributed by atoms with Crippen LogP contribution in [0.15, 0.2) is 9.75 Å². The van der Waals surface area contributed by atoms with Gasteiger partial charge in [0.05, 0.1) is 0 Å². The van der Waals surface area contributed by atoms with Crippen LogP contribution in [0.5, 0.6) is 0 Å². The van der Waals surface area contributed by atoms with Gasteiger partial charge < -0.3 is 9.63 Å². The summed E-state index contributed by atoms with van der Waals surface area (Å²) in [6, 6.07) is 0. The molecular formula is C7H8N2O3S. The number of carboxylic acid groups (broad SMARTS) is 1. The molecule has 0 bridgehead atoms. The lowest BCUT2D eigenvalue weighted by molar-refractivity contribution is -0.133. The van der Waals surface area contributed by atoms with E-state index in [4.69, 9.17) is 9.63 Å². The SMILES string of the molecule is O=C(O)CSc1nc(C2CC2)no1. The van der Waals surface area contributed by atoms with Gasteiger partial charge in [-0.3, -0.25) is 4.79 Å². The van der Waals surface area contributed by atoms with Crippen LogP contribution in [0, 0.1) is 0 Å². The standard InChI is InChI=1S/C7H8N2O3S/c10-5(11)3-13-7-8-6(9-12-7)4-1-2-4/h4H,1-3H2,(H,10,11). The maximum Gasteiger partial charge on any atom is 0.314 e. The van der Waals surface area contributed by atoms with Crippen LogP contribution in [-0.4, -0.2) is 27.0 Å².